The lowest BCUT2D eigenvalue weighted by molar-refractivity contribution is -0.389. The van der Waals surface area contributed by atoms with Crippen LogP contribution in [0.4, 0.5) is 5.82 Å². The molecule has 18 heavy (non-hydrogen) atoms. The second-order valence-corrected chi connectivity index (χ2v) is 3.61. The summed E-state index contributed by atoms with van der Waals surface area (Å²) in [6.07, 6.45) is 0.314. The van der Waals surface area contributed by atoms with Crippen molar-refractivity contribution in [1.82, 2.24) is 9.97 Å². The van der Waals surface area contributed by atoms with Crippen molar-refractivity contribution < 1.29 is 14.8 Å². The van der Waals surface area contributed by atoms with Gasteiger partial charge in [0.15, 0.2) is 5.82 Å². The largest absolute Gasteiger partial charge is 0.476 e. The summed E-state index contributed by atoms with van der Waals surface area (Å²) < 4.78 is 0. The lowest BCUT2D eigenvalue weighted by atomic mass is 10.1. The summed E-state index contributed by atoms with van der Waals surface area (Å²) in [4.78, 5) is 26.8. The number of hydrogen-bond donors (Lipinski definition) is 2. The number of carboxylic acid groups (broad SMARTS) is 1. The topological polar surface area (TPSA) is 109 Å². The minimum absolute atomic E-state index is 0.255. The number of H-pyrrole nitrogens is 1. The maximum absolute atomic E-state index is 10.8. The van der Waals surface area contributed by atoms with Gasteiger partial charge in [-0.15, -0.1) is 0 Å². The Morgan fingerprint density at radius 3 is 2.56 bits per heavy atom. The van der Waals surface area contributed by atoms with Gasteiger partial charge in [-0.1, -0.05) is 30.3 Å². The van der Waals surface area contributed by atoms with Crippen molar-refractivity contribution in [2.24, 2.45) is 0 Å². The molecule has 0 fully saturated rings. The number of carbonyl (C=O) groups is 1. The molecule has 0 aliphatic rings. The van der Waals surface area contributed by atoms with Crippen molar-refractivity contribution in [3.63, 3.8) is 0 Å². The zero-order valence-corrected chi connectivity index (χ0v) is 9.16. The summed E-state index contributed by atoms with van der Waals surface area (Å²) >= 11 is 0. The van der Waals surface area contributed by atoms with E-state index in [0.717, 1.165) is 5.56 Å². The van der Waals surface area contributed by atoms with Crippen LogP contribution < -0.4 is 0 Å². The van der Waals surface area contributed by atoms with Crippen LogP contribution in [0.3, 0.4) is 0 Å². The Balaban J connectivity index is 2.33. The first-order chi connectivity index (χ1) is 8.58. The fourth-order valence-electron chi connectivity index (χ4n) is 1.57. The lowest BCUT2D eigenvalue weighted by Crippen LogP contribution is -2.01. The molecule has 1 aromatic carbocycles. The molecule has 2 rings (SSSR count). The monoisotopic (exact) mass is 247 g/mol. The molecule has 0 aliphatic carbocycles. The van der Waals surface area contributed by atoms with Crippen LogP contribution in [0.2, 0.25) is 0 Å². The maximum atomic E-state index is 10.8. The molecular formula is C11H9N3O4. The molecule has 1 aromatic heterocycles. The van der Waals surface area contributed by atoms with Crippen molar-refractivity contribution in [1.29, 1.82) is 0 Å². The molecule has 0 spiro atoms. The fourth-order valence-corrected chi connectivity index (χ4v) is 1.57. The second-order valence-electron chi connectivity index (χ2n) is 3.61. The normalized spacial score (nSPS) is 10.2. The summed E-state index contributed by atoms with van der Waals surface area (Å²) in [5, 5.41) is 19.5. The number of benzene rings is 1. The molecule has 0 radical (unpaired) electrons. The van der Waals surface area contributed by atoms with Gasteiger partial charge in [-0.25, -0.2) is 9.78 Å². The molecule has 0 atom stereocenters. The van der Waals surface area contributed by atoms with Crippen LogP contribution in [0, 0.1) is 10.1 Å². The Kier molecular flexibility index (Phi) is 3.05. The van der Waals surface area contributed by atoms with Crippen LogP contribution in [0.1, 0.15) is 21.9 Å². The minimum atomic E-state index is -1.42. The number of aromatic carboxylic acids is 1. The number of nitrogens with zero attached hydrogens (tertiary/aromatic N) is 2. The predicted octanol–water partition coefficient (Wildman–Crippen LogP) is 1.61. The van der Waals surface area contributed by atoms with E-state index in [0.29, 0.717) is 6.42 Å². The van der Waals surface area contributed by atoms with Crippen molar-refractivity contribution >= 4 is 11.8 Å². The van der Waals surface area contributed by atoms with E-state index < -0.39 is 22.4 Å². The number of rotatable bonds is 4. The third-order valence-electron chi connectivity index (χ3n) is 2.33. The van der Waals surface area contributed by atoms with E-state index in [-0.39, 0.29) is 5.82 Å². The smallest absolute Gasteiger partial charge is 0.363 e. The molecule has 2 N–H and O–H groups in total. The van der Waals surface area contributed by atoms with E-state index >= 15 is 0 Å². The molecule has 2 aromatic rings. The average Bonchev–Trinajstić information content (AvgIpc) is 2.74. The second kappa shape index (κ2) is 4.66. The zero-order valence-electron chi connectivity index (χ0n) is 9.16. The molecule has 0 saturated heterocycles. The zero-order chi connectivity index (χ0) is 13.1. The molecule has 7 nitrogen and oxygen atoms in total. The minimum Gasteiger partial charge on any atom is -0.476 e. The summed E-state index contributed by atoms with van der Waals surface area (Å²) in [5.74, 6) is -1.75. The average molecular weight is 247 g/mol. The highest BCUT2D eigenvalue weighted by molar-refractivity contribution is 5.89. The first kappa shape index (κ1) is 11.8. The van der Waals surface area contributed by atoms with Crippen LogP contribution in [0.15, 0.2) is 30.3 Å². The third kappa shape index (κ3) is 2.34. The van der Waals surface area contributed by atoms with Crippen LogP contribution in [-0.2, 0) is 6.42 Å². The quantitative estimate of drug-likeness (QED) is 0.630. The van der Waals surface area contributed by atoms with E-state index in [1.54, 1.807) is 0 Å². The first-order valence-electron chi connectivity index (χ1n) is 5.08. The van der Waals surface area contributed by atoms with Crippen LogP contribution in [-0.4, -0.2) is 26.0 Å². The summed E-state index contributed by atoms with van der Waals surface area (Å²) in [6.45, 7) is 0. The Morgan fingerprint density at radius 2 is 2.06 bits per heavy atom. The van der Waals surface area contributed by atoms with Gasteiger partial charge in [-0.3, -0.25) is 0 Å². The number of nitro groups is 1. The highest BCUT2D eigenvalue weighted by Crippen LogP contribution is 2.17. The fraction of sp³-hybridized carbons (Fsp3) is 0.0909. The van der Waals surface area contributed by atoms with E-state index in [1.165, 1.54) is 0 Å². The highest BCUT2D eigenvalue weighted by Gasteiger charge is 2.25. The van der Waals surface area contributed by atoms with Crippen molar-refractivity contribution in [3.8, 4) is 0 Å². The van der Waals surface area contributed by atoms with Gasteiger partial charge in [-0.2, -0.15) is 4.98 Å². The van der Waals surface area contributed by atoms with Gasteiger partial charge in [-0.05, 0) is 10.5 Å². The number of nitrogens with one attached hydrogen (secondary N) is 1. The standard InChI is InChI=1S/C11H9N3O4/c15-11(16)9-10(14(17)18)13-8(12-9)6-7-4-2-1-3-5-7/h1-5H,6H2,(H,12,13)(H,15,16). The van der Waals surface area contributed by atoms with Crippen LogP contribution >= 0.6 is 0 Å². The predicted molar refractivity (Wildman–Crippen MR) is 61.4 cm³/mol. The Labute approximate surface area is 101 Å². The maximum Gasteiger partial charge on any atom is 0.363 e. The number of carboxylic acids is 1. The van der Waals surface area contributed by atoms with Gasteiger partial charge in [0.2, 0.25) is 5.69 Å². The van der Waals surface area contributed by atoms with Gasteiger partial charge >= 0.3 is 11.8 Å². The van der Waals surface area contributed by atoms with Crippen molar-refractivity contribution in [3.05, 3.63) is 57.5 Å². The summed E-state index contributed by atoms with van der Waals surface area (Å²) in [5.41, 5.74) is 0.323. The molecule has 0 saturated carbocycles. The van der Waals surface area contributed by atoms with Crippen LogP contribution in [0.25, 0.3) is 0 Å². The SMILES string of the molecule is O=C(O)c1nc(Cc2ccccc2)[nH]c1[N+](=O)[O-]. The van der Waals surface area contributed by atoms with Gasteiger partial charge in [0.05, 0.1) is 6.42 Å². The molecule has 92 valence electrons. The molecule has 0 amide bonds. The lowest BCUT2D eigenvalue weighted by Gasteiger charge is -1.93. The molecule has 0 aliphatic heterocycles. The first-order valence-corrected chi connectivity index (χ1v) is 5.08. The number of aromatic nitrogens is 2. The van der Waals surface area contributed by atoms with E-state index in [9.17, 15) is 14.9 Å². The van der Waals surface area contributed by atoms with Crippen LogP contribution in [0.5, 0.6) is 0 Å². The Hall–Kier alpha value is -2.70. The Morgan fingerprint density at radius 1 is 1.39 bits per heavy atom. The van der Waals surface area contributed by atoms with Gasteiger partial charge in [0.1, 0.15) is 0 Å². The highest BCUT2D eigenvalue weighted by atomic mass is 16.6. The van der Waals surface area contributed by atoms with Gasteiger partial charge < -0.3 is 15.2 Å². The molecule has 0 unspecified atom stereocenters. The third-order valence-corrected chi connectivity index (χ3v) is 2.33. The van der Waals surface area contributed by atoms with Crippen molar-refractivity contribution in [2.75, 3.05) is 0 Å². The van der Waals surface area contributed by atoms with Crippen molar-refractivity contribution in [2.45, 2.75) is 6.42 Å². The molecule has 0 bridgehead atoms. The van der Waals surface area contributed by atoms with Gasteiger partial charge in [0.25, 0.3) is 0 Å². The summed E-state index contributed by atoms with van der Waals surface area (Å²) in [6, 6.07) is 9.15. The number of hydrogen-bond acceptors (Lipinski definition) is 4. The molecule has 1 heterocycles. The Bertz CT molecular complexity index is 560. The van der Waals surface area contributed by atoms with Gasteiger partial charge in [0, 0.05) is 0 Å². The van der Waals surface area contributed by atoms with E-state index in [2.05, 4.69) is 9.97 Å². The summed E-state index contributed by atoms with van der Waals surface area (Å²) in [7, 11) is 0. The van der Waals surface area contributed by atoms with E-state index in [4.69, 9.17) is 5.11 Å². The molecule has 7 heteroatoms. The number of imidazole rings is 1. The number of aromatic amines is 1. The molecular weight excluding hydrogens is 238 g/mol. The van der Waals surface area contributed by atoms with E-state index in [1.807, 2.05) is 30.3 Å².